The van der Waals surface area contributed by atoms with Gasteiger partial charge in [0.15, 0.2) is 0 Å². The molecule has 2 heterocycles. The molecule has 3 aromatic carbocycles. The lowest BCUT2D eigenvalue weighted by molar-refractivity contribution is 0.0362. The molecule has 0 bridgehead atoms. The smallest absolute Gasteiger partial charge is 0.352 e. The Morgan fingerprint density at radius 2 is 1.71 bits per heavy atom. The molecule has 1 aliphatic carbocycles. The molecule has 2 aliphatic rings. The number of carboxylic acids is 1. The second-order valence-corrected chi connectivity index (χ2v) is 11.3. The number of carbonyl (C=O) groups is 1. The predicted octanol–water partition coefficient (Wildman–Crippen LogP) is 6.54. The standard InChI is InChI=1S/C35H40N2O4/c1-25-9-2-4-12-27(25)29-14-7-15-30-31(16-8-22-41-32-17-6-11-26-10-3-5-13-28(26)32)34(35(38)39)37(33(29)30)19-18-36-20-23-40-24-21-36/h2,4,6-7,9,11-12,14-15,17H,3,5,8,10,13,16,18-24H2,1H3,(H,38,39). The maximum atomic E-state index is 12.9. The fourth-order valence-corrected chi connectivity index (χ4v) is 6.67. The molecule has 0 saturated carbocycles. The van der Waals surface area contributed by atoms with Gasteiger partial charge in [-0.2, -0.15) is 0 Å². The molecule has 41 heavy (non-hydrogen) atoms. The highest BCUT2D eigenvalue weighted by Crippen LogP contribution is 2.37. The highest BCUT2D eigenvalue weighted by atomic mass is 16.5. The molecule has 0 unspecified atom stereocenters. The first-order valence-electron chi connectivity index (χ1n) is 15.1. The molecule has 0 atom stereocenters. The van der Waals surface area contributed by atoms with E-state index < -0.39 is 5.97 Å². The largest absolute Gasteiger partial charge is 0.493 e. The van der Waals surface area contributed by atoms with Gasteiger partial charge in [-0.15, -0.1) is 0 Å². The molecule has 4 aromatic rings. The lowest BCUT2D eigenvalue weighted by Gasteiger charge is -2.27. The van der Waals surface area contributed by atoms with E-state index in [4.69, 9.17) is 9.47 Å². The van der Waals surface area contributed by atoms with Gasteiger partial charge in [-0.3, -0.25) is 4.90 Å². The van der Waals surface area contributed by atoms with Gasteiger partial charge in [0.2, 0.25) is 0 Å². The second kappa shape index (κ2) is 12.5. The van der Waals surface area contributed by atoms with Gasteiger partial charge in [0.25, 0.3) is 0 Å². The molecular weight excluding hydrogens is 512 g/mol. The summed E-state index contributed by atoms with van der Waals surface area (Å²) in [6.07, 6.45) is 6.06. The quantitative estimate of drug-likeness (QED) is 0.227. The second-order valence-electron chi connectivity index (χ2n) is 11.3. The van der Waals surface area contributed by atoms with Gasteiger partial charge >= 0.3 is 5.97 Å². The number of benzene rings is 3. The van der Waals surface area contributed by atoms with E-state index in [1.165, 1.54) is 29.5 Å². The number of nitrogens with zero attached hydrogens (tertiary/aromatic N) is 2. The van der Waals surface area contributed by atoms with Crippen molar-refractivity contribution in [2.24, 2.45) is 0 Å². The van der Waals surface area contributed by atoms with Crippen molar-refractivity contribution in [3.63, 3.8) is 0 Å². The van der Waals surface area contributed by atoms with E-state index in [0.29, 0.717) is 25.3 Å². The van der Waals surface area contributed by atoms with Crippen molar-refractivity contribution in [2.75, 3.05) is 39.5 Å². The fraction of sp³-hybridized carbons (Fsp3) is 0.400. The van der Waals surface area contributed by atoms with Crippen LogP contribution in [0.5, 0.6) is 5.75 Å². The molecule has 214 valence electrons. The number of fused-ring (bicyclic) bond motifs is 2. The summed E-state index contributed by atoms with van der Waals surface area (Å²) in [6, 6.07) is 21.1. The van der Waals surface area contributed by atoms with E-state index in [1.54, 1.807) is 0 Å². The summed E-state index contributed by atoms with van der Waals surface area (Å²) in [5.74, 6) is 0.127. The maximum Gasteiger partial charge on any atom is 0.352 e. The average Bonchev–Trinajstić information content (AvgIpc) is 3.33. The van der Waals surface area contributed by atoms with Gasteiger partial charge in [-0.25, -0.2) is 4.79 Å². The molecule has 6 rings (SSSR count). The molecule has 0 spiro atoms. The highest BCUT2D eigenvalue weighted by Gasteiger charge is 2.25. The van der Waals surface area contributed by atoms with Crippen molar-refractivity contribution in [2.45, 2.75) is 52.0 Å². The zero-order valence-corrected chi connectivity index (χ0v) is 24.0. The molecule has 6 nitrogen and oxygen atoms in total. The van der Waals surface area contributed by atoms with E-state index in [9.17, 15) is 9.90 Å². The van der Waals surface area contributed by atoms with Crippen molar-refractivity contribution >= 4 is 16.9 Å². The third kappa shape index (κ3) is 5.77. The summed E-state index contributed by atoms with van der Waals surface area (Å²) in [6.45, 7) is 7.29. The van der Waals surface area contributed by atoms with E-state index in [0.717, 1.165) is 85.5 Å². The number of para-hydroxylation sites is 1. The first kappa shape index (κ1) is 27.6. The van der Waals surface area contributed by atoms with Crippen LogP contribution in [0.4, 0.5) is 0 Å². The Balaban J connectivity index is 1.33. The zero-order chi connectivity index (χ0) is 28.2. The Morgan fingerprint density at radius 1 is 0.927 bits per heavy atom. The van der Waals surface area contributed by atoms with Gasteiger partial charge in [0.05, 0.1) is 25.3 Å². The van der Waals surface area contributed by atoms with Crippen LogP contribution in [-0.2, 0) is 30.5 Å². The van der Waals surface area contributed by atoms with Gasteiger partial charge in [-0.05, 0) is 79.3 Å². The number of carboxylic acid groups (broad SMARTS) is 1. The zero-order valence-electron chi connectivity index (χ0n) is 24.0. The van der Waals surface area contributed by atoms with Crippen LogP contribution >= 0.6 is 0 Å². The van der Waals surface area contributed by atoms with E-state index in [1.807, 2.05) is 0 Å². The summed E-state index contributed by atoms with van der Waals surface area (Å²) >= 11 is 0. The molecule has 0 radical (unpaired) electrons. The number of hydrogen-bond acceptors (Lipinski definition) is 4. The normalized spacial score (nSPS) is 15.6. The van der Waals surface area contributed by atoms with Crippen LogP contribution < -0.4 is 4.74 Å². The summed E-state index contributed by atoms with van der Waals surface area (Å²) in [5, 5.41) is 11.6. The molecular formula is C35H40N2O4. The Labute approximate surface area is 242 Å². The van der Waals surface area contributed by atoms with E-state index in [-0.39, 0.29) is 0 Å². The van der Waals surface area contributed by atoms with Crippen molar-refractivity contribution in [1.82, 2.24) is 9.47 Å². The first-order valence-corrected chi connectivity index (χ1v) is 15.1. The lowest BCUT2D eigenvalue weighted by atomic mass is 9.91. The topological polar surface area (TPSA) is 63.9 Å². The van der Waals surface area contributed by atoms with Crippen LogP contribution in [0.15, 0.2) is 60.7 Å². The first-order chi connectivity index (χ1) is 20.1. The van der Waals surface area contributed by atoms with Crippen LogP contribution in [0.2, 0.25) is 0 Å². The van der Waals surface area contributed by atoms with Crippen LogP contribution in [-0.4, -0.2) is 60.0 Å². The number of aromatic nitrogens is 1. The Hall–Kier alpha value is -3.61. The lowest BCUT2D eigenvalue weighted by Crippen LogP contribution is -2.38. The number of rotatable bonds is 10. The van der Waals surface area contributed by atoms with Crippen LogP contribution in [0, 0.1) is 6.92 Å². The van der Waals surface area contributed by atoms with Crippen molar-refractivity contribution < 1.29 is 19.4 Å². The van der Waals surface area contributed by atoms with Gasteiger partial charge in [-0.1, -0.05) is 54.6 Å². The molecule has 1 aromatic heterocycles. The molecule has 0 amide bonds. The SMILES string of the molecule is Cc1ccccc1-c1cccc2c(CCCOc3cccc4c3CCCC4)c(C(=O)O)n(CCN3CCOCC3)c12. The van der Waals surface area contributed by atoms with Gasteiger partial charge < -0.3 is 19.1 Å². The number of aryl methyl sites for hydroxylation is 3. The number of aromatic carboxylic acids is 1. The summed E-state index contributed by atoms with van der Waals surface area (Å²) in [5.41, 5.74) is 8.50. The summed E-state index contributed by atoms with van der Waals surface area (Å²) < 4.78 is 13.9. The molecule has 1 N–H and O–H groups in total. The maximum absolute atomic E-state index is 12.9. The minimum Gasteiger partial charge on any atom is -0.493 e. The highest BCUT2D eigenvalue weighted by molar-refractivity contribution is 6.04. The molecule has 1 saturated heterocycles. The fourth-order valence-electron chi connectivity index (χ4n) is 6.67. The summed E-state index contributed by atoms with van der Waals surface area (Å²) in [7, 11) is 0. The Bertz CT molecular complexity index is 1530. The minimum atomic E-state index is -0.869. The van der Waals surface area contributed by atoms with Crippen LogP contribution in [0.25, 0.3) is 22.0 Å². The predicted molar refractivity (Wildman–Crippen MR) is 163 cm³/mol. The van der Waals surface area contributed by atoms with E-state index in [2.05, 4.69) is 77.1 Å². The molecule has 1 fully saturated rings. The summed E-state index contributed by atoms with van der Waals surface area (Å²) in [4.78, 5) is 15.3. The van der Waals surface area contributed by atoms with Gasteiger partial charge in [0.1, 0.15) is 11.4 Å². The van der Waals surface area contributed by atoms with Gasteiger partial charge in [0, 0.05) is 37.1 Å². The van der Waals surface area contributed by atoms with Crippen molar-refractivity contribution in [3.05, 3.63) is 88.6 Å². The Morgan fingerprint density at radius 3 is 2.54 bits per heavy atom. The number of ether oxygens (including phenoxy) is 2. The van der Waals surface area contributed by atoms with Crippen LogP contribution in [0.3, 0.4) is 0 Å². The minimum absolute atomic E-state index is 0.409. The molecule has 1 aliphatic heterocycles. The number of morpholine rings is 1. The molecule has 6 heteroatoms. The van der Waals surface area contributed by atoms with E-state index >= 15 is 0 Å². The average molecular weight is 553 g/mol. The third-order valence-electron chi connectivity index (χ3n) is 8.75. The van der Waals surface area contributed by atoms with Crippen molar-refractivity contribution in [3.8, 4) is 16.9 Å². The van der Waals surface area contributed by atoms with Crippen LogP contribution in [0.1, 0.15) is 52.0 Å². The third-order valence-corrected chi connectivity index (χ3v) is 8.75. The van der Waals surface area contributed by atoms with Crippen molar-refractivity contribution in [1.29, 1.82) is 0 Å². The Kier molecular flexibility index (Phi) is 8.40. The number of hydrogen-bond donors (Lipinski definition) is 1. The monoisotopic (exact) mass is 552 g/mol.